The van der Waals surface area contributed by atoms with Crippen LogP contribution in [0.15, 0.2) is 41.3 Å². The van der Waals surface area contributed by atoms with Crippen LogP contribution in [0, 0.1) is 5.92 Å². The maximum absolute atomic E-state index is 12.2. The highest BCUT2D eigenvalue weighted by molar-refractivity contribution is 5.82. The molecule has 5 nitrogen and oxygen atoms in total. The minimum atomic E-state index is -0.0196. The van der Waals surface area contributed by atoms with E-state index in [1.165, 1.54) is 18.9 Å². The lowest BCUT2D eigenvalue weighted by Crippen LogP contribution is -2.40. The number of benzene rings is 1. The number of carbonyl (C=O) groups excluding carboxylic acids is 1. The van der Waals surface area contributed by atoms with Gasteiger partial charge in [-0.15, -0.1) is 0 Å². The molecular formula is C19H25N3O2. The van der Waals surface area contributed by atoms with Crippen LogP contribution in [0.2, 0.25) is 0 Å². The van der Waals surface area contributed by atoms with Crippen molar-refractivity contribution in [2.75, 3.05) is 26.2 Å². The van der Waals surface area contributed by atoms with Crippen LogP contribution < -0.4 is 10.7 Å². The fourth-order valence-corrected chi connectivity index (χ4v) is 3.45. The van der Waals surface area contributed by atoms with Gasteiger partial charge in [-0.3, -0.25) is 9.59 Å². The fourth-order valence-electron chi connectivity index (χ4n) is 3.45. The van der Waals surface area contributed by atoms with Crippen LogP contribution >= 0.6 is 0 Å². The van der Waals surface area contributed by atoms with Gasteiger partial charge < -0.3 is 14.8 Å². The van der Waals surface area contributed by atoms with Crippen molar-refractivity contribution < 1.29 is 4.79 Å². The molecule has 1 aromatic carbocycles. The maximum atomic E-state index is 12.2. The lowest BCUT2D eigenvalue weighted by atomic mass is 10.0. The van der Waals surface area contributed by atoms with Crippen LogP contribution in [-0.4, -0.2) is 41.6 Å². The molecule has 0 bridgehead atoms. The summed E-state index contributed by atoms with van der Waals surface area (Å²) in [6.07, 6.45) is 4.25. The van der Waals surface area contributed by atoms with Crippen LogP contribution in [0.1, 0.15) is 19.8 Å². The summed E-state index contributed by atoms with van der Waals surface area (Å²) in [5.74, 6) is 0.732. The number of hydrogen-bond acceptors (Lipinski definition) is 3. The van der Waals surface area contributed by atoms with Crippen molar-refractivity contribution in [1.29, 1.82) is 0 Å². The van der Waals surface area contributed by atoms with Crippen molar-refractivity contribution in [3.63, 3.8) is 0 Å². The van der Waals surface area contributed by atoms with Crippen LogP contribution in [0.4, 0.5) is 0 Å². The molecular weight excluding hydrogens is 302 g/mol. The highest BCUT2D eigenvalue weighted by Gasteiger charge is 2.15. The number of carbonyl (C=O) groups is 1. The maximum Gasteiger partial charge on any atom is 0.239 e. The normalized spacial score (nSPS) is 18.6. The van der Waals surface area contributed by atoms with E-state index in [1.54, 1.807) is 12.3 Å². The van der Waals surface area contributed by atoms with Gasteiger partial charge in [-0.05, 0) is 37.4 Å². The average Bonchev–Trinajstić information content (AvgIpc) is 2.58. The van der Waals surface area contributed by atoms with Gasteiger partial charge in [0.15, 0.2) is 5.43 Å². The number of fused-ring (bicyclic) bond motifs is 1. The van der Waals surface area contributed by atoms with Crippen molar-refractivity contribution in [3.05, 3.63) is 46.8 Å². The van der Waals surface area contributed by atoms with E-state index in [4.69, 9.17) is 0 Å². The van der Waals surface area contributed by atoms with Gasteiger partial charge in [0.1, 0.15) is 6.54 Å². The van der Waals surface area contributed by atoms with Crippen LogP contribution in [0.3, 0.4) is 0 Å². The van der Waals surface area contributed by atoms with Crippen molar-refractivity contribution in [3.8, 4) is 0 Å². The number of rotatable bonds is 5. The summed E-state index contributed by atoms with van der Waals surface area (Å²) in [5, 5.41) is 3.64. The largest absolute Gasteiger partial charge is 0.353 e. The molecule has 0 saturated carbocycles. The number of amides is 1. The molecule has 128 valence electrons. The molecule has 1 aromatic heterocycles. The lowest BCUT2D eigenvalue weighted by molar-refractivity contribution is -0.121. The quantitative estimate of drug-likeness (QED) is 0.912. The summed E-state index contributed by atoms with van der Waals surface area (Å²) in [5.41, 5.74) is 0.784. The van der Waals surface area contributed by atoms with Crippen LogP contribution in [0.25, 0.3) is 10.9 Å². The molecule has 1 aliphatic rings. The molecule has 2 aromatic rings. The van der Waals surface area contributed by atoms with E-state index in [9.17, 15) is 9.59 Å². The molecule has 3 rings (SSSR count). The summed E-state index contributed by atoms with van der Waals surface area (Å²) in [4.78, 5) is 26.5. The second-order valence-electron chi connectivity index (χ2n) is 6.72. The van der Waals surface area contributed by atoms with E-state index in [-0.39, 0.29) is 17.9 Å². The van der Waals surface area contributed by atoms with E-state index in [1.807, 2.05) is 22.8 Å². The Morgan fingerprint density at radius 2 is 2.12 bits per heavy atom. The molecule has 0 spiro atoms. The Kier molecular flexibility index (Phi) is 5.30. The molecule has 1 N–H and O–H groups in total. The van der Waals surface area contributed by atoms with Gasteiger partial charge in [-0.2, -0.15) is 0 Å². The zero-order chi connectivity index (χ0) is 16.9. The van der Waals surface area contributed by atoms with Crippen molar-refractivity contribution in [2.24, 2.45) is 5.92 Å². The first-order chi connectivity index (χ1) is 11.6. The third-order valence-electron chi connectivity index (χ3n) is 4.69. The number of piperidine rings is 1. The lowest BCUT2D eigenvalue weighted by Gasteiger charge is -2.30. The second kappa shape index (κ2) is 7.62. The van der Waals surface area contributed by atoms with Crippen molar-refractivity contribution >= 4 is 16.8 Å². The Balaban J connectivity index is 1.56. The van der Waals surface area contributed by atoms with E-state index in [0.29, 0.717) is 11.9 Å². The first kappa shape index (κ1) is 16.7. The number of hydrogen-bond donors (Lipinski definition) is 1. The zero-order valence-electron chi connectivity index (χ0n) is 14.2. The number of likely N-dealkylation sites (tertiary alicyclic amines) is 1. The molecule has 0 radical (unpaired) electrons. The number of aromatic nitrogens is 1. The summed E-state index contributed by atoms with van der Waals surface area (Å²) in [6.45, 7) is 6.35. The summed E-state index contributed by atoms with van der Waals surface area (Å²) >= 11 is 0. The van der Waals surface area contributed by atoms with E-state index in [0.717, 1.165) is 31.1 Å². The SMILES string of the molecule is C[C@H]1CCCN(CCNC(=O)Cn2ccc(=O)c3ccccc32)C1. The molecule has 1 fully saturated rings. The van der Waals surface area contributed by atoms with Gasteiger partial charge in [0.2, 0.25) is 5.91 Å². The topological polar surface area (TPSA) is 54.3 Å². The smallest absolute Gasteiger partial charge is 0.239 e. The van der Waals surface area contributed by atoms with Gasteiger partial charge in [0.05, 0.1) is 5.52 Å². The minimum Gasteiger partial charge on any atom is -0.353 e. The summed E-state index contributed by atoms with van der Waals surface area (Å²) < 4.78 is 1.83. The van der Waals surface area contributed by atoms with Crippen LogP contribution in [0.5, 0.6) is 0 Å². The molecule has 0 aliphatic carbocycles. The van der Waals surface area contributed by atoms with E-state index >= 15 is 0 Å². The standard InChI is InChI=1S/C19H25N3O2/c1-15-5-4-10-21(13-15)12-9-20-19(24)14-22-11-8-18(23)16-6-2-3-7-17(16)22/h2-3,6-8,11,15H,4-5,9-10,12-14H2,1H3,(H,20,24)/t15-/m0/s1. The van der Waals surface area contributed by atoms with Gasteiger partial charge >= 0.3 is 0 Å². The highest BCUT2D eigenvalue weighted by Crippen LogP contribution is 2.14. The Morgan fingerprint density at radius 1 is 1.29 bits per heavy atom. The van der Waals surface area contributed by atoms with E-state index in [2.05, 4.69) is 17.1 Å². The Bertz CT molecular complexity index is 769. The molecule has 0 unspecified atom stereocenters. The Labute approximate surface area is 142 Å². The van der Waals surface area contributed by atoms with Gasteiger partial charge in [0, 0.05) is 37.3 Å². The third-order valence-corrected chi connectivity index (χ3v) is 4.69. The molecule has 24 heavy (non-hydrogen) atoms. The predicted molar refractivity (Wildman–Crippen MR) is 96.1 cm³/mol. The van der Waals surface area contributed by atoms with Crippen LogP contribution in [-0.2, 0) is 11.3 Å². The Hall–Kier alpha value is -2.14. The molecule has 1 atom stereocenters. The molecule has 1 saturated heterocycles. The zero-order valence-corrected chi connectivity index (χ0v) is 14.2. The number of pyridine rings is 1. The minimum absolute atomic E-state index is 0.0125. The molecule has 2 heterocycles. The number of para-hydroxylation sites is 1. The van der Waals surface area contributed by atoms with Crippen molar-refractivity contribution in [1.82, 2.24) is 14.8 Å². The summed E-state index contributed by atoms with van der Waals surface area (Å²) in [7, 11) is 0. The predicted octanol–water partition coefficient (Wildman–Crippen LogP) is 1.85. The second-order valence-corrected chi connectivity index (χ2v) is 6.72. The monoisotopic (exact) mass is 327 g/mol. The van der Waals surface area contributed by atoms with Crippen molar-refractivity contribution in [2.45, 2.75) is 26.3 Å². The third kappa shape index (κ3) is 4.03. The first-order valence-electron chi connectivity index (χ1n) is 8.71. The number of nitrogens with one attached hydrogen (secondary N) is 1. The molecule has 1 aliphatic heterocycles. The van der Waals surface area contributed by atoms with Gasteiger partial charge in [0.25, 0.3) is 0 Å². The first-order valence-corrected chi connectivity index (χ1v) is 8.71. The number of nitrogens with zero attached hydrogens (tertiary/aromatic N) is 2. The van der Waals surface area contributed by atoms with Gasteiger partial charge in [-0.25, -0.2) is 0 Å². The Morgan fingerprint density at radius 3 is 2.96 bits per heavy atom. The summed E-state index contributed by atoms with van der Waals surface area (Å²) in [6, 6.07) is 8.91. The molecule has 1 amide bonds. The average molecular weight is 327 g/mol. The van der Waals surface area contributed by atoms with Gasteiger partial charge in [-0.1, -0.05) is 19.1 Å². The molecule has 5 heteroatoms. The van der Waals surface area contributed by atoms with E-state index < -0.39 is 0 Å². The fraction of sp³-hybridized carbons (Fsp3) is 0.474. The highest BCUT2D eigenvalue weighted by atomic mass is 16.2.